The second-order valence-electron chi connectivity index (χ2n) is 6.91. The predicted octanol–water partition coefficient (Wildman–Crippen LogP) is -2.63. The van der Waals surface area contributed by atoms with E-state index in [-0.39, 0.29) is 22.5 Å². The summed E-state index contributed by atoms with van der Waals surface area (Å²) in [6.45, 7) is -0.486. The van der Waals surface area contributed by atoms with Crippen molar-refractivity contribution >= 4 is 33.1 Å². The highest BCUT2D eigenvalue weighted by Crippen LogP contribution is 2.31. The molecule has 3 heterocycles. The lowest BCUT2D eigenvalue weighted by molar-refractivity contribution is -0.268. The summed E-state index contributed by atoms with van der Waals surface area (Å²) in [5, 5.41) is 32.4. The Balaban J connectivity index is 1.44. The highest BCUT2D eigenvalue weighted by Gasteiger charge is 2.44. The van der Waals surface area contributed by atoms with Crippen molar-refractivity contribution in [2.75, 3.05) is 12.3 Å². The summed E-state index contributed by atoms with van der Waals surface area (Å²) in [6.07, 6.45) is -2.74. The number of hydrogen-bond donors (Lipinski definition) is 5. The number of aliphatic hydroxyl groups is 2. The van der Waals surface area contributed by atoms with E-state index in [2.05, 4.69) is 19.7 Å². The van der Waals surface area contributed by atoms with Gasteiger partial charge in [-0.25, -0.2) is 19.7 Å². The fourth-order valence-electron chi connectivity index (χ4n) is 3.24. The van der Waals surface area contributed by atoms with Crippen molar-refractivity contribution in [1.29, 1.82) is 0 Å². The number of carbonyl (C=O) groups is 1. The van der Waals surface area contributed by atoms with E-state index in [9.17, 15) is 28.5 Å². The molecule has 0 radical (unpaired) electrons. The number of carbonyl (C=O) groups excluding carboxylic acids is 1. The van der Waals surface area contributed by atoms with Crippen LogP contribution in [0.4, 0.5) is 5.82 Å². The van der Waals surface area contributed by atoms with Crippen molar-refractivity contribution in [3.05, 3.63) is 42.5 Å². The second kappa shape index (κ2) is 8.29. The first-order chi connectivity index (χ1) is 15.2. The molecule has 14 nitrogen and oxygen atoms in total. The number of imidazole rings is 1. The van der Waals surface area contributed by atoms with Gasteiger partial charge in [0, 0.05) is 12.1 Å². The van der Waals surface area contributed by atoms with Crippen LogP contribution in [0.5, 0.6) is 5.75 Å². The van der Waals surface area contributed by atoms with Crippen LogP contribution in [0.2, 0.25) is 0 Å². The number of para-hydroxylation sites is 1. The van der Waals surface area contributed by atoms with Gasteiger partial charge in [0.25, 0.3) is 5.91 Å². The second-order valence-corrected chi connectivity index (χ2v) is 8.41. The van der Waals surface area contributed by atoms with Gasteiger partial charge in [0.15, 0.2) is 17.7 Å². The lowest BCUT2D eigenvalue weighted by Gasteiger charge is -2.17. The zero-order valence-electron chi connectivity index (χ0n) is 16.2. The molecule has 0 aliphatic carbocycles. The molecule has 170 valence electrons. The normalized spacial score (nSPS) is 23.4. The molecule has 1 amide bonds. The third-order valence-corrected chi connectivity index (χ3v) is 5.83. The number of nitrogens with two attached hydrogens (primary N) is 1. The van der Waals surface area contributed by atoms with Crippen LogP contribution >= 0.6 is 0 Å². The maximum Gasteiger partial charge on any atom is 0.301 e. The quantitative estimate of drug-likeness (QED) is 0.254. The average molecular weight is 464 g/mol. The first-order valence-electron chi connectivity index (χ1n) is 9.20. The third kappa shape index (κ3) is 4.06. The van der Waals surface area contributed by atoms with Crippen LogP contribution in [0.15, 0.2) is 36.9 Å². The van der Waals surface area contributed by atoms with E-state index < -0.39 is 53.0 Å². The number of fused-ring (bicyclic) bond motifs is 1. The van der Waals surface area contributed by atoms with Gasteiger partial charge in [-0.15, -0.1) is 0 Å². The molecule has 1 fully saturated rings. The maximum absolute atomic E-state index is 12.2. The molecule has 0 spiro atoms. The summed E-state index contributed by atoms with van der Waals surface area (Å²) < 4.78 is 35.1. The Kier molecular flexibility index (Phi) is 5.66. The minimum absolute atomic E-state index is 0.112. The van der Waals surface area contributed by atoms with E-state index in [1.807, 2.05) is 0 Å². The molecule has 0 bridgehead atoms. The van der Waals surface area contributed by atoms with E-state index in [0.717, 1.165) is 6.07 Å². The van der Waals surface area contributed by atoms with E-state index in [0.29, 0.717) is 0 Å². The number of ether oxygens (including phenoxy) is 1. The predicted molar refractivity (Wildman–Crippen MR) is 106 cm³/mol. The summed E-state index contributed by atoms with van der Waals surface area (Å²) in [5.74, 6) is -1.64. The topological polar surface area (TPSA) is 218 Å². The van der Waals surface area contributed by atoms with Crippen LogP contribution in [-0.2, 0) is 14.9 Å². The van der Waals surface area contributed by atoms with E-state index in [4.69, 9.17) is 10.5 Å². The number of benzene rings is 1. The Hall–Kier alpha value is -3.37. The average Bonchev–Trinajstić information content (AvgIpc) is 3.29. The minimum atomic E-state index is -4.40. The van der Waals surface area contributed by atoms with Crippen molar-refractivity contribution < 1.29 is 33.3 Å². The highest BCUT2D eigenvalue weighted by atomic mass is 32.2. The van der Waals surface area contributed by atoms with Crippen LogP contribution in [0.1, 0.15) is 16.6 Å². The molecule has 1 aliphatic heterocycles. The third-order valence-electron chi connectivity index (χ3n) is 4.83. The fourth-order valence-corrected chi connectivity index (χ4v) is 4.05. The Labute approximate surface area is 180 Å². The minimum Gasteiger partial charge on any atom is -0.872 e. The smallest absolute Gasteiger partial charge is 0.301 e. The van der Waals surface area contributed by atoms with Gasteiger partial charge in [0.1, 0.15) is 30.2 Å². The van der Waals surface area contributed by atoms with Gasteiger partial charge >= 0.3 is 10.2 Å². The lowest BCUT2D eigenvalue weighted by Crippen LogP contribution is -2.45. The van der Waals surface area contributed by atoms with E-state index in [1.165, 1.54) is 35.4 Å². The van der Waals surface area contributed by atoms with Gasteiger partial charge in [0.2, 0.25) is 0 Å². The fraction of sp³-hybridized carbons (Fsp3) is 0.294. The number of rotatable bonds is 6. The van der Waals surface area contributed by atoms with Crippen LogP contribution in [0.3, 0.4) is 0 Å². The van der Waals surface area contributed by atoms with Gasteiger partial charge in [-0.2, -0.15) is 13.1 Å². The zero-order valence-corrected chi connectivity index (χ0v) is 17.0. The standard InChI is InChI=1S/C17H19N7O7S/c18-14-11-15(20-6-19-14)24(7-21-11)17-13(27)12(26)10(31-17)5-22-32(29,30)23-16(28)8-3-1-2-4-9(8)25/h1-4,6-7,10,12-13,17,22,25-27H,5H2,(H,23,28)(H2,18,19,20)/p-1/t10-,12-,13-,17-/m1/s1. The van der Waals surface area contributed by atoms with E-state index in [1.54, 1.807) is 4.72 Å². The molecule has 1 aromatic carbocycles. The Morgan fingerprint density at radius 2 is 1.97 bits per heavy atom. The Morgan fingerprint density at radius 3 is 2.72 bits per heavy atom. The first kappa shape index (κ1) is 21.8. The van der Waals surface area contributed by atoms with Crippen molar-refractivity contribution in [1.82, 2.24) is 29.0 Å². The van der Waals surface area contributed by atoms with Gasteiger partial charge in [0.05, 0.1) is 6.33 Å². The van der Waals surface area contributed by atoms with Crippen molar-refractivity contribution in [3.63, 3.8) is 0 Å². The molecule has 0 unspecified atom stereocenters. The van der Waals surface area contributed by atoms with Crippen LogP contribution in [-0.4, -0.2) is 68.9 Å². The summed E-state index contributed by atoms with van der Waals surface area (Å²) in [5.41, 5.74) is 5.90. The molecule has 2 aromatic heterocycles. The number of anilines is 1. The lowest BCUT2D eigenvalue weighted by atomic mass is 10.1. The van der Waals surface area contributed by atoms with Crippen LogP contribution < -0.4 is 20.3 Å². The molecule has 4 rings (SSSR count). The van der Waals surface area contributed by atoms with Crippen molar-refractivity contribution in [3.8, 4) is 5.75 Å². The molecule has 15 heteroatoms. The number of nitrogen functional groups attached to an aromatic ring is 1. The number of amides is 1. The largest absolute Gasteiger partial charge is 0.872 e. The monoisotopic (exact) mass is 464 g/mol. The zero-order chi connectivity index (χ0) is 23.0. The Morgan fingerprint density at radius 1 is 1.22 bits per heavy atom. The number of nitrogens with zero attached hydrogens (tertiary/aromatic N) is 4. The number of nitrogens with one attached hydrogen (secondary N) is 2. The van der Waals surface area contributed by atoms with Gasteiger partial charge in [-0.1, -0.05) is 30.0 Å². The summed E-state index contributed by atoms with van der Waals surface area (Å²) in [7, 11) is -4.40. The molecular weight excluding hydrogens is 446 g/mol. The maximum atomic E-state index is 12.2. The molecule has 1 saturated heterocycles. The van der Waals surface area contributed by atoms with Gasteiger partial charge < -0.3 is 25.8 Å². The van der Waals surface area contributed by atoms with Crippen molar-refractivity contribution in [2.24, 2.45) is 0 Å². The van der Waals surface area contributed by atoms with E-state index >= 15 is 0 Å². The Bertz CT molecular complexity index is 1270. The summed E-state index contributed by atoms with van der Waals surface area (Å²) in [4.78, 5) is 24.0. The number of aliphatic hydroxyl groups excluding tert-OH is 2. The molecule has 4 atom stereocenters. The summed E-state index contributed by atoms with van der Waals surface area (Å²) >= 11 is 0. The molecule has 0 saturated carbocycles. The highest BCUT2D eigenvalue weighted by molar-refractivity contribution is 7.88. The first-order valence-corrected chi connectivity index (χ1v) is 10.7. The SMILES string of the molecule is Nc1ncnc2c1ncn2[C@@H]1O[C@H](CNS(=O)(=O)NC(=O)c2ccccc2[O-])[C@@H](O)[C@H]1O. The molecular formula is C17H18N7O7S-. The number of aromatic nitrogens is 4. The molecule has 3 aromatic rings. The van der Waals surface area contributed by atoms with Crippen LogP contribution in [0.25, 0.3) is 11.2 Å². The van der Waals surface area contributed by atoms with Crippen molar-refractivity contribution in [2.45, 2.75) is 24.5 Å². The molecule has 6 N–H and O–H groups in total. The van der Waals surface area contributed by atoms with Gasteiger partial charge in [-0.3, -0.25) is 9.36 Å². The number of hydrogen-bond acceptors (Lipinski definition) is 11. The van der Waals surface area contributed by atoms with Crippen LogP contribution in [0, 0.1) is 0 Å². The molecule has 32 heavy (non-hydrogen) atoms. The van der Waals surface area contributed by atoms with Gasteiger partial charge in [-0.05, 0) is 0 Å². The summed E-state index contributed by atoms with van der Waals surface area (Å²) in [6, 6.07) is 5.14. The molecule has 1 aliphatic rings.